The lowest BCUT2D eigenvalue weighted by molar-refractivity contribution is -0.149. The van der Waals surface area contributed by atoms with E-state index in [2.05, 4.69) is 16.7 Å². The van der Waals surface area contributed by atoms with Crippen LogP contribution in [0.4, 0.5) is 0 Å². The highest BCUT2D eigenvalue weighted by Crippen LogP contribution is 2.47. The number of rotatable bonds is 11. The van der Waals surface area contributed by atoms with Gasteiger partial charge in [-0.25, -0.2) is 9.88 Å². The first-order valence-electron chi connectivity index (χ1n) is 11.4. The summed E-state index contributed by atoms with van der Waals surface area (Å²) in [6.45, 7) is 4.65. The van der Waals surface area contributed by atoms with Gasteiger partial charge in [-0.2, -0.15) is 0 Å². The van der Waals surface area contributed by atoms with Crippen molar-refractivity contribution in [1.82, 2.24) is 14.6 Å². The van der Waals surface area contributed by atoms with E-state index in [1.807, 2.05) is 0 Å². The van der Waals surface area contributed by atoms with Crippen molar-refractivity contribution < 1.29 is 33.5 Å². The minimum atomic E-state index is -3.46. The normalized spacial score (nSPS) is 25.8. The number of benzene rings is 1. The second kappa shape index (κ2) is 11.8. The molecule has 1 aromatic heterocycles. The summed E-state index contributed by atoms with van der Waals surface area (Å²) in [5.74, 6) is -0.198. The summed E-state index contributed by atoms with van der Waals surface area (Å²) >= 11 is 5.64. The van der Waals surface area contributed by atoms with Crippen molar-refractivity contribution in [3.63, 3.8) is 0 Å². The first kappa shape index (κ1) is 28.9. The number of ether oxygens (including phenoxy) is 2. The molecule has 0 amide bonds. The Morgan fingerprint density at radius 1 is 1.32 bits per heavy atom. The second-order valence-corrected chi connectivity index (χ2v) is 11.8. The van der Waals surface area contributed by atoms with Crippen LogP contribution in [0.5, 0.6) is 5.75 Å². The fraction of sp³-hybridized carbons (Fsp3) is 0.435. The number of H-pyrrole nitrogens is 1. The highest BCUT2D eigenvalue weighted by atomic mass is 32.5. The van der Waals surface area contributed by atoms with E-state index in [4.69, 9.17) is 30.3 Å². The molecule has 37 heavy (non-hydrogen) atoms. The van der Waals surface area contributed by atoms with Crippen LogP contribution in [0.25, 0.3) is 0 Å². The summed E-state index contributed by atoms with van der Waals surface area (Å²) in [7, 11) is 0. The third kappa shape index (κ3) is 6.82. The molecule has 1 aromatic carbocycles. The molecule has 12 nitrogen and oxygen atoms in total. The lowest BCUT2D eigenvalue weighted by atomic mass is 9.94. The maximum atomic E-state index is 12.4. The molecule has 1 saturated heterocycles. The van der Waals surface area contributed by atoms with E-state index in [9.17, 15) is 24.6 Å². The van der Waals surface area contributed by atoms with Gasteiger partial charge in [-0.15, -0.1) is 0 Å². The number of aromatic amines is 1. The van der Waals surface area contributed by atoms with Crippen LogP contribution in [0, 0.1) is 0 Å². The van der Waals surface area contributed by atoms with Crippen LogP contribution in [0.3, 0.4) is 0 Å². The third-order valence-electron chi connectivity index (χ3n) is 5.39. The number of nitrogens with one attached hydrogen (secondary N) is 2. The smallest absolute Gasteiger partial charge is 0.330 e. The van der Waals surface area contributed by atoms with Gasteiger partial charge in [0.25, 0.3) is 5.56 Å². The van der Waals surface area contributed by atoms with Crippen molar-refractivity contribution in [2.24, 2.45) is 0 Å². The zero-order chi connectivity index (χ0) is 27.4. The Labute approximate surface area is 218 Å². The topological polar surface area (TPSA) is 161 Å². The predicted molar refractivity (Wildman–Crippen MR) is 138 cm³/mol. The second-order valence-electron chi connectivity index (χ2n) is 8.61. The van der Waals surface area contributed by atoms with Crippen LogP contribution in [-0.4, -0.2) is 62.3 Å². The van der Waals surface area contributed by atoms with Gasteiger partial charge in [0.2, 0.25) is 0 Å². The van der Waals surface area contributed by atoms with Gasteiger partial charge in [-0.05, 0) is 44.7 Å². The van der Waals surface area contributed by atoms with Crippen LogP contribution < -0.4 is 20.9 Å². The van der Waals surface area contributed by atoms with Gasteiger partial charge in [0.15, 0.2) is 11.8 Å². The number of carbonyl (C=O) groups excluding carboxylic acids is 1. The highest BCUT2D eigenvalue weighted by Gasteiger charge is 2.55. The number of aliphatic hydroxyl groups excluding tert-OH is 1. The number of carbonyl (C=O) groups is 1. The summed E-state index contributed by atoms with van der Waals surface area (Å²) in [6, 6.07) is 8.71. The van der Waals surface area contributed by atoms with E-state index >= 15 is 0 Å². The maximum Gasteiger partial charge on any atom is 0.330 e. The molecule has 3 unspecified atom stereocenters. The van der Waals surface area contributed by atoms with E-state index < -0.39 is 60.5 Å². The van der Waals surface area contributed by atoms with Gasteiger partial charge >= 0.3 is 18.3 Å². The summed E-state index contributed by atoms with van der Waals surface area (Å²) in [5, 5.41) is 24.8. The van der Waals surface area contributed by atoms with Crippen LogP contribution in [0.1, 0.15) is 27.0 Å². The number of hydrogen-bond donors (Lipinski definition) is 4. The van der Waals surface area contributed by atoms with E-state index in [1.165, 1.54) is 0 Å². The predicted octanol–water partition coefficient (Wildman–Crippen LogP) is 0.962. The molecule has 1 aliphatic rings. The summed E-state index contributed by atoms with van der Waals surface area (Å²) < 4.78 is 23.7. The van der Waals surface area contributed by atoms with Gasteiger partial charge in [-0.1, -0.05) is 30.9 Å². The number of esters is 1. The lowest BCUT2D eigenvalue weighted by Crippen LogP contribution is -2.47. The van der Waals surface area contributed by atoms with Crippen molar-refractivity contribution >= 4 is 24.4 Å². The zero-order valence-electron chi connectivity index (χ0n) is 20.5. The van der Waals surface area contributed by atoms with Crippen molar-refractivity contribution in [3.05, 3.63) is 76.1 Å². The first-order chi connectivity index (χ1) is 17.4. The number of hydrogen-bond acceptors (Lipinski definition) is 10. The van der Waals surface area contributed by atoms with Gasteiger partial charge in [0, 0.05) is 12.3 Å². The monoisotopic (exact) mass is 555 g/mol. The Morgan fingerprint density at radius 3 is 2.59 bits per heavy atom. The molecule has 2 heterocycles. The molecule has 202 valence electrons. The summed E-state index contributed by atoms with van der Waals surface area (Å²) in [6.07, 6.45) is -2.41. The standard InChI is InChI=1S/C23H30N3O9PS/c1-5-23(31)19(28)17(34-21(23)26-12-11-18(27)24-22(26)30)13-32-36(37,35-16-9-7-6-8-10-16)25-15(4)20(29)33-14(2)3/h5-12,14-15,17,19,21,28,31H,1,13H2,2-4H3,(H,25,37)(H,24,27,30)/t15?,17?,19-,21-,23-,36?/m1/s1. The summed E-state index contributed by atoms with van der Waals surface area (Å²) in [4.78, 5) is 38.2. The Bertz CT molecular complexity index is 1270. The van der Waals surface area contributed by atoms with Crippen LogP contribution in [0.15, 0.2) is 64.8 Å². The molecule has 3 rings (SSSR count). The van der Waals surface area contributed by atoms with Gasteiger partial charge in [-0.3, -0.25) is 19.1 Å². The lowest BCUT2D eigenvalue weighted by Gasteiger charge is -2.29. The van der Waals surface area contributed by atoms with Crippen molar-refractivity contribution in [2.75, 3.05) is 6.61 Å². The fourth-order valence-corrected chi connectivity index (χ4v) is 5.97. The van der Waals surface area contributed by atoms with Crippen molar-refractivity contribution in [2.45, 2.75) is 57.0 Å². The molecular formula is C23H30N3O9PS. The van der Waals surface area contributed by atoms with Gasteiger partial charge in [0.1, 0.15) is 24.0 Å². The van der Waals surface area contributed by atoms with E-state index in [0.29, 0.717) is 5.75 Å². The van der Waals surface area contributed by atoms with E-state index in [1.54, 1.807) is 51.1 Å². The number of para-hydroxylation sites is 1. The average Bonchev–Trinajstić information content (AvgIpc) is 3.08. The molecule has 0 spiro atoms. The molecule has 0 aliphatic carbocycles. The van der Waals surface area contributed by atoms with Gasteiger partial charge in [0.05, 0.1) is 12.7 Å². The van der Waals surface area contributed by atoms with Crippen LogP contribution in [-0.2, 0) is 30.6 Å². The molecule has 0 saturated carbocycles. The fourth-order valence-electron chi connectivity index (χ4n) is 3.55. The van der Waals surface area contributed by atoms with Crippen LogP contribution in [0.2, 0.25) is 0 Å². The quantitative estimate of drug-likeness (QED) is 0.178. The number of nitrogens with zero attached hydrogens (tertiary/aromatic N) is 1. The third-order valence-corrected chi connectivity index (χ3v) is 7.89. The first-order valence-corrected chi connectivity index (χ1v) is 14.0. The molecule has 14 heteroatoms. The molecule has 0 bridgehead atoms. The molecule has 6 atom stereocenters. The van der Waals surface area contributed by atoms with Crippen molar-refractivity contribution in [3.8, 4) is 5.75 Å². The SMILES string of the molecule is C=C[C@@]1(O)[C@H](O)C(COP(=S)(NC(C)C(=O)OC(C)C)Oc2ccccc2)O[C@H]1n1ccc(=O)[nH]c1=O. The molecular weight excluding hydrogens is 525 g/mol. The molecule has 1 aliphatic heterocycles. The van der Waals surface area contributed by atoms with E-state index in [0.717, 1.165) is 22.9 Å². The van der Waals surface area contributed by atoms with E-state index in [-0.39, 0.29) is 6.10 Å². The summed E-state index contributed by atoms with van der Waals surface area (Å²) in [5.41, 5.74) is -3.61. The molecule has 1 fully saturated rings. The molecule has 0 radical (unpaired) electrons. The Kier molecular flexibility index (Phi) is 9.24. The number of aromatic nitrogens is 2. The molecule has 4 N–H and O–H groups in total. The highest BCUT2D eigenvalue weighted by molar-refractivity contribution is 8.09. The molecule has 2 aromatic rings. The Hall–Kier alpha value is -2.64. The Balaban J connectivity index is 1.83. The van der Waals surface area contributed by atoms with Crippen LogP contribution >= 0.6 is 6.64 Å². The average molecular weight is 556 g/mol. The maximum absolute atomic E-state index is 12.4. The minimum Gasteiger partial charge on any atom is -0.462 e. The Morgan fingerprint density at radius 2 is 2.00 bits per heavy atom. The number of aliphatic hydroxyl groups is 2. The minimum absolute atomic E-state index is 0.350. The van der Waals surface area contributed by atoms with Crippen molar-refractivity contribution in [1.29, 1.82) is 0 Å². The largest absolute Gasteiger partial charge is 0.462 e. The van der Waals surface area contributed by atoms with Gasteiger partial charge < -0.3 is 28.7 Å². The zero-order valence-corrected chi connectivity index (χ0v) is 22.2.